The van der Waals surface area contributed by atoms with Gasteiger partial charge in [0.25, 0.3) is 5.91 Å². The lowest BCUT2D eigenvalue weighted by atomic mass is 10.1. The fourth-order valence-corrected chi connectivity index (χ4v) is 1.40. The van der Waals surface area contributed by atoms with Crippen LogP contribution in [0.2, 0.25) is 0 Å². The fraction of sp³-hybridized carbons (Fsp3) is 0.167. The molecule has 0 spiro atoms. The molecule has 0 aliphatic heterocycles. The second-order valence-electron chi connectivity index (χ2n) is 3.67. The molecule has 0 unspecified atom stereocenters. The minimum atomic E-state index is -0.440. The van der Waals surface area contributed by atoms with Crippen LogP contribution in [0.1, 0.15) is 15.9 Å². The van der Waals surface area contributed by atoms with E-state index in [0.29, 0.717) is 11.3 Å². The van der Waals surface area contributed by atoms with Crippen molar-refractivity contribution in [1.82, 2.24) is 5.32 Å². The lowest BCUT2D eigenvalue weighted by Crippen LogP contribution is -2.23. The Morgan fingerprint density at radius 2 is 2.21 bits per heavy atom. The number of para-hydroxylation sites is 1. The molecular weight excluding hydrogens is 244 g/mol. The Labute approximate surface area is 110 Å². The summed E-state index contributed by atoms with van der Waals surface area (Å²) < 4.78 is 0. The number of nitriles is 1. The largest absolute Gasteiger partial charge is 0.382 e. The summed E-state index contributed by atoms with van der Waals surface area (Å²) in [6.07, 6.45) is 0. The minimum absolute atomic E-state index is 0.244. The minimum Gasteiger partial charge on any atom is -0.382 e. The van der Waals surface area contributed by atoms with Gasteiger partial charge >= 0.3 is 0 Å². The van der Waals surface area contributed by atoms with Crippen LogP contribution in [0.15, 0.2) is 23.3 Å². The number of amidine groups is 1. The number of nitrogens with zero attached hydrogens (tertiary/aromatic N) is 2. The summed E-state index contributed by atoms with van der Waals surface area (Å²) >= 11 is 0. The van der Waals surface area contributed by atoms with Gasteiger partial charge in [-0.3, -0.25) is 15.6 Å². The SMILES string of the molecule is CNC(=O)c1cccc(C)c1N/N=C(\C#N)C(=N)N. The van der Waals surface area contributed by atoms with Crippen LogP contribution in [0.5, 0.6) is 0 Å². The molecule has 0 bridgehead atoms. The molecule has 98 valence electrons. The third-order valence-electron chi connectivity index (χ3n) is 2.39. The van der Waals surface area contributed by atoms with E-state index in [2.05, 4.69) is 15.8 Å². The van der Waals surface area contributed by atoms with Gasteiger partial charge in [0, 0.05) is 7.05 Å². The molecule has 0 atom stereocenters. The van der Waals surface area contributed by atoms with Crippen molar-refractivity contribution in [2.75, 3.05) is 12.5 Å². The van der Waals surface area contributed by atoms with Crippen LogP contribution in [0.25, 0.3) is 0 Å². The van der Waals surface area contributed by atoms with Crippen molar-refractivity contribution in [2.24, 2.45) is 10.8 Å². The summed E-state index contributed by atoms with van der Waals surface area (Å²) in [5.41, 5.74) is 9.20. The maximum atomic E-state index is 11.7. The van der Waals surface area contributed by atoms with Crippen LogP contribution >= 0.6 is 0 Å². The van der Waals surface area contributed by atoms with E-state index in [0.717, 1.165) is 5.56 Å². The van der Waals surface area contributed by atoms with Gasteiger partial charge in [-0.05, 0) is 18.6 Å². The first-order chi connectivity index (χ1) is 9.01. The van der Waals surface area contributed by atoms with Crippen LogP contribution in [0.3, 0.4) is 0 Å². The molecule has 0 heterocycles. The van der Waals surface area contributed by atoms with Crippen LogP contribution in [-0.2, 0) is 0 Å². The first-order valence-electron chi connectivity index (χ1n) is 5.41. The van der Waals surface area contributed by atoms with Gasteiger partial charge in [0.15, 0.2) is 5.84 Å². The smallest absolute Gasteiger partial charge is 0.253 e. The van der Waals surface area contributed by atoms with Gasteiger partial charge in [-0.1, -0.05) is 12.1 Å². The molecule has 0 aromatic heterocycles. The molecule has 0 saturated heterocycles. The summed E-state index contributed by atoms with van der Waals surface area (Å²) in [6, 6.07) is 6.86. The molecule has 19 heavy (non-hydrogen) atoms. The van der Waals surface area contributed by atoms with E-state index in [1.807, 2.05) is 0 Å². The highest BCUT2D eigenvalue weighted by Crippen LogP contribution is 2.20. The predicted molar refractivity (Wildman–Crippen MR) is 73.2 cm³/mol. The van der Waals surface area contributed by atoms with E-state index < -0.39 is 5.84 Å². The number of carbonyl (C=O) groups excluding carboxylic acids is 1. The highest BCUT2D eigenvalue weighted by Gasteiger charge is 2.12. The standard InChI is InChI=1S/C12H14N6O/c1-7-4-3-5-8(12(19)16-2)10(7)18-17-9(6-13)11(14)15/h3-5,18H,1-2H3,(H3,14,15)(H,16,19)/b17-9+. The average molecular weight is 258 g/mol. The van der Waals surface area contributed by atoms with Gasteiger partial charge in [-0.25, -0.2) is 0 Å². The predicted octanol–water partition coefficient (Wildman–Crippen LogP) is 0.582. The Hall–Kier alpha value is -2.88. The molecular formula is C12H14N6O. The molecule has 1 aromatic carbocycles. The number of aryl methyl sites for hydroxylation is 1. The molecule has 5 N–H and O–H groups in total. The molecule has 0 aliphatic carbocycles. The number of hydrazone groups is 1. The third kappa shape index (κ3) is 3.29. The van der Waals surface area contributed by atoms with E-state index >= 15 is 0 Å². The van der Waals surface area contributed by atoms with Gasteiger partial charge in [0.2, 0.25) is 5.71 Å². The topological polar surface area (TPSA) is 127 Å². The fourth-order valence-electron chi connectivity index (χ4n) is 1.40. The number of benzene rings is 1. The zero-order chi connectivity index (χ0) is 14.4. The van der Waals surface area contributed by atoms with Crippen molar-refractivity contribution in [3.05, 3.63) is 29.3 Å². The second kappa shape index (κ2) is 6.16. The zero-order valence-corrected chi connectivity index (χ0v) is 10.6. The normalized spacial score (nSPS) is 10.5. The maximum Gasteiger partial charge on any atom is 0.253 e. The first-order valence-corrected chi connectivity index (χ1v) is 5.41. The monoisotopic (exact) mass is 258 g/mol. The van der Waals surface area contributed by atoms with Crippen molar-refractivity contribution in [2.45, 2.75) is 6.92 Å². The number of hydrogen-bond donors (Lipinski definition) is 4. The Kier molecular flexibility index (Phi) is 4.60. The molecule has 7 nitrogen and oxygen atoms in total. The number of nitrogens with two attached hydrogens (primary N) is 1. The summed E-state index contributed by atoms with van der Waals surface area (Å²) in [6.45, 7) is 1.80. The summed E-state index contributed by atoms with van der Waals surface area (Å²) in [5.74, 6) is -0.715. The van der Waals surface area contributed by atoms with E-state index in [-0.39, 0.29) is 11.6 Å². The Balaban J connectivity index is 3.18. The second-order valence-corrected chi connectivity index (χ2v) is 3.67. The van der Waals surface area contributed by atoms with Gasteiger partial charge in [0.1, 0.15) is 6.07 Å². The molecule has 0 saturated carbocycles. The molecule has 0 fully saturated rings. The van der Waals surface area contributed by atoms with Crippen molar-refractivity contribution in [3.63, 3.8) is 0 Å². The Bertz CT molecular complexity index is 584. The number of nitrogens with one attached hydrogen (secondary N) is 3. The van der Waals surface area contributed by atoms with Crippen molar-refractivity contribution in [3.8, 4) is 6.07 Å². The highest BCUT2D eigenvalue weighted by molar-refractivity contribution is 6.45. The Morgan fingerprint density at radius 1 is 1.53 bits per heavy atom. The zero-order valence-electron chi connectivity index (χ0n) is 10.6. The summed E-state index contributed by atoms with van der Waals surface area (Å²) in [5, 5.41) is 22.1. The van der Waals surface area contributed by atoms with Crippen molar-refractivity contribution >= 4 is 23.1 Å². The number of rotatable bonds is 4. The number of hydrogen-bond acceptors (Lipinski definition) is 5. The van der Waals surface area contributed by atoms with Gasteiger partial charge in [-0.2, -0.15) is 10.4 Å². The van der Waals surface area contributed by atoms with Gasteiger partial charge < -0.3 is 11.1 Å². The molecule has 1 aromatic rings. The number of anilines is 1. The molecule has 1 rings (SSSR count). The third-order valence-corrected chi connectivity index (χ3v) is 2.39. The number of carbonyl (C=O) groups is 1. The summed E-state index contributed by atoms with van der Waals surface area (Å²) in [4.78, 5) is 11.7. The molecule has 0 aliphatic rings. The quantitative estimate of drug-likeness (QED) is 0.358. The van der Waals surface area contributed by atoms with E-state index in [1.165, 1.54) is 7.05 Å². The van der Waals surface area contributed by atoms with Crippen molar-refractivity contribution in [1.29, 1.82) is 10.7 Å². The Morgan fingerprint density at radius 3 is 2.74 bits per heavy atom. The van der Waals surface area contributed by atoms with Gasteiger partial charge in [-0.15, -0.1) is 0 Å². The van der Waals surface area contributed by atoms with Crippen LogP contribution in [-0.4, -0.2) is 24.5 Å². The molecule has 1 amide bonds. The van der Waals surface area contributed by atoms with Crippen LogP contribution < -0.4 is 16.5 Å². The van der Waals surface area contributed by atoms with E-state index in [4.69, 9.17) is 16.4 Å². The van der Waals surface area contributed by atoms with Crippen molar-refractivity contribution < 1.29 is 4.79 Å². The van der Waals surface area contributed by atoms with Crippen LogP contribution in [0, 0.1) is 23.7 Å². The molecule has 0 radical (unpaired) electrons. The lowest BCUT2D eigenvalue weighted by molar-refractivity contribution is 0.0964. The number of amides is 1. The highest BCUT2D eigenvalue weighted by atomic mass is 16.1. The van der Waals surface area contributed by atoms with Crippen LogP contribution in [0.4, 0.5) is 5.69 Å². The lowest BCUT2D eigenvalue weighted by Gasteiger charge is -2.10. The summed E-state index contributed by atoms with van der Waals surface area (Å²) in [7, 11) is 1.52. The first kappa shape index (κ1) is 14.2. The maximum absolute atomic E-state index is 11.7. The average Bonchev–Trinajstić information content (AvgIpc) is 2.39. The van der Waals surface area contributed by atoms with E-state index in [1.54, 1.807) is 31.2 Å². The molecule has 7 heteroatoms. The van der Waals surface area contributed by atoms with Gasteiger partial charge in [0.05, 0.1) is 11.3 Å². The van der Waals surface area contributed by atoms with E-state index in [9.17, 15) is 4.79 Å².